The van der Waals surface area contributed by atoms with E-state index >= 15 is 0 Å². The number of carbonyl (C=O) groups excluding carboxylic acids is 2. The standard InChI is InChI=1S/C21H26N2O5S/c1-14-5-8-16(9-6-14)29-13-20(25)23-22-19(24)10-7-15-11-17(26-2)21(28-4)18(12-15)27-3/h5-6,8-9,11-12H,7,10,13H2,1-4H3,(H,22,24)(H,23,25). The van der Waals surface area contributed by atoms with Crippen molar-refractivity contribution in [1.29, 1.82) is 0 Å². The normalized spacial score (nSPS) is 10.2. The number of nitrogens with one attached hydrogen (secondary N) is 2. The molecular formula is C21H26N2O5S. The molecule has 2 amide bonds. The molecule has 0 saturated heterocycles. The first-order chi connectivity index (χ1) is 14.0. The Morgan fingerprint density at radius 2 is 1.48 bits per heavy atom. The van der Waals surface area contributed by atoms with Gasteiger partial charge < -0.3 is 14.2 Å². The Morgan fingerprint density at radius 3 is 2.03 bits per heavy atom. The maximum atomic E-state index is 12.0. The summed E-state index contributed by atoms with van der Waals surface area (Å²) >= 11 is 1.41. The summed E-state index contributed by atoms with van der Waals surface area (Å²) in [6.45, 7) is 2.01. The van der Waals surface area contributed by atoms with E-state index < -0.39 is 0 Å². The first kappa shape index (κ1) is 22.4. The molecule has 0 radical (unpaired) electrons. The lowest BCUT2D eigenvalue weighted by Gasteiger charge is -2.14. The minimum atomic E-state index is -0.285. The Bertz CT molecular complexity index is 814. The van der Waals surface area contributed by atoms with Gasteiger partial charge in [0.2, 0.25) is 17.6 Å². The number of hydrogen-bond donors (Lipinski definition) is 2. The lowest BCUT2D eigenvalue weighted by molar-refractivity contribution is -0.127. The molecule has 2 aromatic carbocycles. The van der Waals surface area contributed by atoms with Gasteiger partial charge in [-0.1, -0.05) is 17.7 Å². The van der Waals surface area contributed by atoms with Crippen LogP contribution >= 0.6 is 11.8 Å². The fourth-order valence-electron chi connectivity index (χ4n) is 2.56. The zero-order valence-electron chi connectivity index (χ0n) is 17.0. The van der Waals surface area contributed by atoms with Crippen molar-refractivity contribution >= 4 is 23.6 Å². The van der Waals surface area contributed by atoms with Crippen LogP contribution < -0.4 is 25.1 Å². The summed E-state index contributed by atoms with van der Waals surface area (Å²) in [4.78, 5) is 25.0. The summed E-state index contributed by atoms with van der Waals surface area (Å²) in [5.41, 5.74) is 6.90. The third-order valence-corrected chi connectivity index (χ3v) is 5.11. The predicted octanol–water partition coefficient (Wildman–Crippen LogP) is 2.89. The van der Waals surface area contributed by atoms with Crippen molar-refractivity contribution < 1.29 is 23.8 Å². The van der Waals surface area contributed by atoms with E-state index in [-0.39, 0.29) is 24.0 Å². The number of benzene rings is 2. The van der Waals surface area contributed by atoms with Crippen molar-refractivity contribution in [2.45, 2.75) is 24.7 Å². The summed E-state index contributed by atoms with van der Waals surface area (Å²) < 4.78 is 15.9. The number of rotatable bonds is 9. The van der Waals surface area contributed by atoms with Crippen molar-refractivity contribution in [3.05, 3.63) is 47.5 Å². The quantitative estimate of drug-likeness (QED) is 0.481. The topological polar surface area (TPSA) is 85.9 Å². The van der Waals surface area contributed by atoms with Gasteiger partial charge in [0.25, 0.3) is 0 Å². The molecule has 2 N–H and O–H groups in total. The molecule has 29 heavy (non-hydrogen) atoms. The third-order valence-electron chi connectivity index (χ3n) is 4.10. The third kappa shape index (κ3) is 6.90. The Hall–Kier alpha value is -2.87. The lowest BCUT2D eigenvalue weighted by atomic mass is 10.1. The van der Waals surface area contributed by atoms with E-state index in [1.807, 2.05) is 31.2 Å². The number of ether oxygens (including phenoxy) is 3. The Balaban J connectivity index is 1.79. The highest BCUT2D eigenvalue weighted by Gasteiger charge is 2.14. The van der Waals surface area contributed by atoms with Gasteiger partial charge in [-0.25, -0.2) is 0 Å². The van der Waals surface area contributed by atoms with Crippen molar-refractivity contribution in [3.8, 4) is 17.2 Å². The second kappa shape index (κ2) is 11.2. The molecule has 0 heterocycles. The van der Waals surface area contributed by atoms with Crippen LogP contribution in [0.4, 0.5) is 0 Å². The average molecular weight is 419 g/mol. The Kier molecular flexibility index (Phi) is 8.67. The highest BCUT2D eigenvalue weighted by molar-refractivity contribution is 8.00. The molecule has 0 aliphatic carbocycles. The van der Waals surface area contributed by atoms with Crippen LogP contribution in [0, 0.1) is 6.92 Å². The molecule has 0 aliphatic rings. The molecule has 156 valence electrons. The minimum Gasteiger partial charge on any atom is -0.493 e. The highest BCUT2D eigenvalue weighted by atomic mass is 32.2. The van der Waals surface area contributed by atoms with Crippen molar-refractivity contribution in [3.63, 3.8) is 0 Å². The minimum absolute atomic E-state index is 0.198. The molecule has 0 saturated carbocycles. The molecule has 2 aromatic rings. The number of hydrazine groups is 1. The van der Waals surface area contributed by atoms with Crippen LogP contribution in [-0.2, 0) is 16.0 Å². The van der Waals surface area contributed by atoms with Crippen LogP contribution in [0.5, 0.6) is 17.2 Å². The SMILES string of the molecule is COc1cc(CCC(=O)NNC(=O)CSc2ccc(C)cc2)cc(OC)c1OC. The lowest BCUT2D eigenvalue weighted by Crippen LogP contribution is -2.42. The first-order valence-corrected chi connectivity index (χ1v) is 10.0. The van der Waals surface area contributed by atoms with Gasteiger partial charge in [0.05, 0.1) is 27.1 Å². The fourth-order valence-corrected chi connectivity index (χ4v) is 3.26. The van der Waals surface area contributed by atoms with Gasteiger partial charge in [-0.2, -0.15) is 0 Å². The maximum absolute atomic E-state index is 12.0. The maximum Gasteiger partial charge on any atom is 0.248 e. The fraction of sp³-hybridized carbons (Fsp3) is 0.333. The highest BCUT2D eigenvalue weighted by Crippen LogP contribution is 2.38. The van der Waals surface area contributed by atoms with Crippen molar-refractivity contribution in [2.75, 3.05) is 27.1 Å². The van der Waals surface area contributed by atoms with Gasteiger partial charge in [-0.15, -0.1) is 11.8 Å². The number of methoxy groups -OCH3 is 3. The van der Waals surface area contributed by atoms with E-state index in [0.29, 0.717) is 23.7 Å². The van der Waals surface area contributed by atoms with Crippen LogP contribution in [0.15, 0.2) is 41.3 Å². The molecule has 0 aromatic heterocycles. The van der Waals surface area contributed by atoms with Gasteiger partial charge in [0.15, 0.2) is 11.5 Å². The smallest absolute Gasteiger partial charge is 0.248 e. The first-order valence-electron chi connectivity index (χ1n) is 9.02. The second-order valence-corrected chi connectivity index (χ2v) is 7.28. The van der Waals surface area contributed by atoms with Crippen LogP contribution in [0.3, 0.4) is 0 Å². The van der Waals surface area contributed by atoms with E-state index in [1.165, 1.54) is 33.1 Å². The summed E-state index contributed by atoms with van der Waals surface area (Å²) in [5.74, 6) is 1.23. The van der Waals surface area contributed by atoms with Crippen LogP contribution in [0.25, 0.3) is 0 Å². The van der Waals surface area contributed by atoms with E-state index in [0.717, 1.165) is 16.0 Å². The van der Waals surface area contributed by atoms with E-state index in [1.54, 1.807) is 12.1 Å². The molecule has 8 heteroatoms. The van der Waals surface area contributed by atoms with Gasteiger partial charge >= 0.3 is 0 Å². The average Bonchev–Trinajstić information content (AvgIpc) is 2.74. The van der Waals surface area contributed by atoms with Gasteiger partial charge in [0, 0.05) is 11.3 Å². The Morgan fingerprint density at radius 1 is 0.897 bits per heavy atom. The second-order valence-electron chi connectivity index (χ2n) is 6.23. The molecule has 0 fully saturated rings. The number of carbonyl (C=O) groups is 2. The summed E-state index contributed by atoms with van der Waals surface area (Å²) in [5, 5.41) is 0. The van der Waals surface area contributed by atoms with E-state index in [2.05, 4.69) is 10.9 Å². The zero-order chi connectivity index (χ0) is 21.2. The molecule has 0 spiro atoms. The molecule has 0 unspecified atom stereocenters. The monoisotopic (exact) mass is 418 g/mol. The number of hydrogen-bond acceptors (Lipinski definition) is 6. The number of thioether (sulfide) groups is 1. The molecule has 7 nitrogen and oxygen atoms in total. The molecule has 0 bridgehead atoms. The van der Waals surface area contributed by atoms with E-state index in [9.17, 15) is 9.59 Å². The number of aryl methyl sites for hydroxylation is 2. The van der Waals surface area contributed by atoms with Crippen LogP contribution in [-0.4, -0.2) is 38.9 Å². The number of amides is 2. The largest absolute Gasteiger partial charge is 0.493 e. The Labute approximate surface area is 175 Å². The zero-order valence-corrected chi connectivity index (χ0v) is 17.9. The molecule has 0 aliphatic heterocycles. The summed E-state index contributed by atoms with van der Waals surface area (Å²) in [6.07, 6.45) is 0.653. The van der Waals surface area contributed by atoms with Gasteiger partial charge in [-0.3, -0.25) is 20.4 Å². The van der Waals surface area contributed by atoms with Gasteiger partial charge in [0.1, 0.15) is 0 Å². The van der Waals surface area contributed by atoms with E-state index in [4.69, 9.17) is 14.2 Å². The van der Waals surface area contributed by atoms with Crippen molar-refractivity contribution in [2.24, 2.45) is 0 Å². The van der Waals surface area contributed by atoms with Crippen molar-refractivity contribution in [1.82, 2.24) is 10.9 Å². The van der Waals surface area contributed by atoms with Crippen LogP contribution in [0.2, 0.25) is 0 Å². The summed E-state index contributed by atoms with van der Waals surface area (Å²) in [6, 6.07) is 11.5. The summed E-state index contributed by atoms with van der Waals surface area (Å²) in [7, 11) is 4.61. The molecule has 0 atom stereocenters. The van der Waals surface area contributed by atoms with Gasteiger partial charge in [-0.05, 0) is 43.2 Å². The molecular weight excluding hydrogens is 392 g/mol. The predicted molar refractivity (Wildman–Crippen MR) is 113 cm³/mol. The molecule has 2 rings (SSSR count). The van der Waals surface area contributed by atoms with Crippen LogP contribution in [0.1, 0.15) is 17.5 Å².